The van der Waals surface area contributed by atoms with Gasteiger partial charge in [0.1, 0.15) is 12.3 Å². The van der Waals surface area contributed by atoms with Crippen LogP contribution in [-0.2, 0) is 25.8 Å². The molecule has 0 radical (unpaired) electrons. The molecule has 0 fully saturated rings. The molecule has 40 heavy (non-hydrogen) atoms. The third-order valence-electron chi connectivity index (χ3n) is 4.99. The van der Waals surface area contributed by atoms with E-state index in [1.807, 2.05) is 0 Å². The molecule has 2 amide bonds. The molecular weight excluding hydrogens is 596 g/mol. The van der Waals surface area contributed by atoms with Gasteiger partial charge in [-0.25, -0.2) is 13.8 Å². The van der Waals surface area contributed by atoms with E-state index in [1.54, 1.807) is 48.5 Å². The van der Waals surface area contributed by atoms with Gasteiger partial charge in [-0.05, 0) is 66.2 Å². The van der Waals surface area contributed by atoms with Crippen molar-refractivity contribution in [3.63, 3.8) is 0 Å². The van der Waals surface area contributed by atoms with Gasteiger partial charge in [-0.1, -0.05) is 29.3 Å². The second kappa shape index (κ2) is 13.0. The minimum Gasteiger partial charge on any atom is -0.484 e. The van der Waals surface area contributed by atoms with Crippen LogP contribution in [0.5, 0.6) is 5.75 Å². The van der Waals surface area contributed by atoms with E-state index in [2.05, 4.69) is 15.8 Å². The quantitative estimate of drug-likeness (QED) is 0.247. The molecule has 3 aromatic rings. The van der Waals surface area contributed by atoms with E-state index < -0.39 is 45.8 Å². The normalized spacial score (nSPS) is 11.8. The largest absolute Gasteiger partial charge is 0.484 e. The SMILES string of the molecule is CS(=O)(=O)N(CC(=O)N/N=C\c1ccc(OCC(=O)Nc2cccc(Cl)c2)cc1)c1cc(C(F)(F)F)ccc1Cl. The van der Waals surface area contributed by atoms with E-state index in [4.69, 9.17) is 27.9 Å². The average Bonchev–Trinajstić information content (AvgIpc) is 2.86. The molecule has 0 bridgehead atoms. The van der Waals surface area contributed by atoms with E-state index >= 15 is 0 Å². The number of sulfonamides is 1. The lowest BCUT2D eigenvalue weighted by atomic mass is 10.2. The number of carbonyl (C=O) groups is 2. The summed E-state index contributed by atoms with van der Waals surface area (Å²) in [6.45, 7) is -1.13. The average molecular weight is 617 g/mol. The van der Waals surface area contributed by atoms with Gasteiger partial charge < -0.3 is 10.1 Å². The van der Waals surface area contributed by atoms with Crippen molar-refractivity contribution in [2.75, 3.05) is 29.0 Å². The van der Waals surface area contributed by atoms with Gasteiger partial charge >= 0.3 is 6.18 Å². The van der Waals surface area contributed by atoms with Crippen LogP contribution < -0.4 is 19.8 Å². The number of rotatable bonds is 10. The van der Waals surface area contributed by atoms with Gasteiger partial charge in [0.2, 0.25) is 10.0 Å². The lowest BCUT2D eigenvalue weighted by Crippen LogP contribution is -2.39. The lowest BCUT2D eigenvalue weighted by Gasteiger charge is -2.23. The van der Waals surface area contributed by atoms with Crippen LogP contribution in [-0.4, -0.2) is 45.9 Å². The number of alkyl halides is 3. The Morgan fingerprint density at radius 3 is 2.35 bits per heavy atom. The molecule has 0 atom stereocenters. The molecule has 9 nitrogen and oxygen atoms in total. The van der Waals surface area contributed by atoms with Crippen molar-refractivity contribution in [2.24, 2.45) is 5.10 Å². The van der Waals surface area contributed by atoms with Crippen molar-refractivity contribution in [3.8, 4) is 5.75 Å². The maximum Gasteiger partial charge on any atom is 0.416 e. The third kappa shape index (κ3) is 9.14. The lowest BCUT2D eigenvalue weighted by molar-refractivity contribution is -0.137. The summed E-state index contributed by atoms with van der Waals surface area (Å²) in [6.07, 6.45) is -2.78. The van der Waals surface area contributed by atoms with Crippen molar-refractivity contribution in [1.29, 1.82) is 0 Å². The zero-order valence-electron chi connectivity index (χ0n) is 20.6. The summed E-state index contributed by atoms with van der Waals surface area (Å²) >= 11 is 11.8. The number of amides is 2. The minimum atomic E-state index is -4.75. The summed E-state index contributed by atoms with van der Waals surface area (Å²) in [5.41, 5.74) is 1.51. The Morgan fingerprint density at radius 1 is 1.02 bits per heavy atom. The van der Waals surface area contributed by atoms with Gasteiger partial charge in [0, 0.05) is 10.7 Å². The number of hydrogen-bond acceptors (Lipinski definition) is 6. The zero-order chi connectivity index (χ0) is 29.5. The van der Waals surface area contributed by atoms with E-state index in [9.17, 15) is 31.2 Å². The molecule has 3 rings (SSSR count). The number of anilines is 2. The topological polar surface area (TPSA) is 117 Å². The molecule has 3 aromatic carbocycles. The summed E-state index contributed by atoms with van der Waals surface area (Å²) in [5, 5.41) is 6.55. The Hall–Kier alpha value is -3.81. The number of hydrogen-bond donors (Lipinski definition) is 2. The zero-order valence-corrected chi connectivity index (χ0v) is 22.9. The minimum absolute atomic E-state index is 0.261. The summed E-state index contributed by atoms with van der Waals surface area (Å²) in [6, 6.07) is 15.0. The molecule has 0 aliphatic rings. The molecule has 0 unspecified atom stereocenters. The number of hydrazone groups is 1. The van der Waals surface area contributed by atoms with Crippen molar-refractivity contribution >= 4 is 62.6 Å². The van der Waals surface area contributed by atoms with Gasteiger partial charge in [0.25, 0.3) is 11.8 Å². The van der Waals surface area contributed by atoms with Crippen LogP contribution >= 0.6 is 23.2 Å². The van der Waals surface area contributed by atoms with Crippen LogP contribution in [0.25, 0.3) is 0 Å². The van der Waals surface area contributed by atoms with Crippen LogP contribution in [0.2, 0.25) is 10.0 Å². The highest BCUT2D eigenvalue weighted by atomic mass is 35.5. The molecule has 0 aromatic heterocycles. The highest BCUT2D eigenvalue weighted by Gasteiger charge is 2.33. The maximum absolute atomic E-state index is 13.1. The van der Waals surface area contributed by atoms with Crippen LogP contribution in [0.15, 0.2) is 71.8 Å². The summed E-state index contributed by atoms with van der Waals surface area (Å²) in [5.74, 6) is -0.949. The number of halogens is 5. The highest BCUT2D eigenvalue weighted by molar-refractivity contribution is 7.92. The monoisotopic (exact) mass is 616 g/mol. The van der Waals surface area contributed by atoms with Crippen LogP contribution in [0.3, 0.4) is 0 Å². The van der Waals surface area contributed by atoms with Gasteiger partial charge in [0.15, 0.2) is 6.61 Å². The first-order valence-corrected chi connectivity index (χ1v) is 13.8. The molecule has 0 aliphatic carbocycles. The fraction of sp³-hybridized carbons (Fsp3) is 0.160. The predicted molar refractivity (Wildman–Crippen MR) is 146 cm³/mol. The second-order valence-corrected chi connectivity index (χ2v) is 10.9. The predicted octanol–water partition coefficient (Wildman–Crippen LogP) is 4.95. The van der Waals surface area contributed by atoms with Crippen molar-refractivity contribution in [2.45, 2.75) is 6.18 Å². The van der Waals surface area contributed by atoms with Crippen molar-refractivity contribution < 1.29 is 35.9 Å². The first kappa shape index (κ1) is 30.7. The van der Waals surface area contributed by atoms with E-state index in [1.165, 1.54) is 6.21 Å². The Morgan fingerprint density at radius 2 is 1.73 bits per heavy atom. The smallest absolute Gasteiger partial charge is 0.416 e. The summed E-state index contributed by atoms with van der Waals surface area (Å²) in [4.78, 5) is 24.4. The fourth-order valence-corrected chi connectivity index (χ4v) is 4.49. The Labute approximate surface area is 237 Å². The standard InChI is InChI=1S/C25H21Cl2F3N4O5S/c1-40(37,38)34(22-11-17(25(28,29)30)7-10-21(22)27)14-23(35)33-31-13-16-5-8-20(9-6-16)39-15-24(36)32-19-4-2-3-18(26)12-19/h2-13H,14-15H2,1H3,(H,32,36)(H,33,35)/b31-13-. The fourth-order valence-electron chi connectivity index (χ4n) is 3.17. The van der Waals surface area contributed by atoms with Gasteiger partial charge in [-0.2, -0.15) is 18.3 Å². The molecule has 212 valence electrons. The van der Waals surface area contributed by atoms with Crippen LogP contribution in [0, 0.1) is 0 Å². The van der Waals surface area contributed by atoms with Crippen molar-refractivity contribution in [1.82, 2.24) is 5.43 Å². The molecule has 0 spiro atoms. The number of nitrogens with zero attached hydrogens (tertiary/aromatic N) is 2. The van der Waals surface area contributed by atoms with Gasteiger partial charge in [-0.3, -0.25) is 13.9 Å². The molecule has 0 saturated carbocycles. The summed E-state index contributed by atoms with van der Waals surface area (Å²) < 4.78 is 69.7. The first-order chi connectivity index (χ1) is 18.7. The maximum atomic E-state index is 13.1. The molecule has 0 heterocycles. The van der Waals surface area contributed by atoms with Gasteiger partial charge in [-0.15, -0.1) is 0 Å². The van der Waals surface area contributed by atoms with Crippen LogP contribution in [0.1, 0.15) is 11.1 Å². The Kier molecular flexibility index (Phi) is 10.0. The summed E-state index contributed by atoms with van der Waals surface area (Å²) in [7, 11) is -4.19. The Bertz CT molecular complexity index is 1520. The molecule has 2 N–H and O–H groups in total. The Balaban J connectivity index is 1.56. The van der Waals surface area contributed by atoms with E-state index in [0.29, 0.717) is 38.5 Å². The first-order valence-electron chi connectivity index (χ1n) is 11.2. The second-order valence-electron chi connectivity index (χ2n) is 8.14. The number of nitrogens with one attached hydrogen (secondary N) is 2. The van der Waals surface area contributed by atoms with E-state index in [0.717, 1.165) is 12.3 Å². The number of carbonyl (C=O) groups excluding carboxylic acids is 2. The van der Waals surface area contributed by atoms with Gasteiger partial charge in [0.05, 0.1) is 28.7 Å². The molecule has 0 saturated heterocycles. The number of benzene rings is 3. The van der Waals surface area contributed by atoms with E-state index in [-0.39, 0.29) is 11.6 Å². The molecule has 0 aliphatic heterocycles. The molecular formula is C25H21Cl2F3N4O5S. The third-order valence-corrected chi connectivity index (χ3v) is 6.67. The van der Waals surface area contributed by atoms with Crippen LogP contribution in [0.4, 0.5) is 24.5 Å². The molecule has 15 heteroatoms. The highest BCUT2D eigenvalue weighted by Crippen LogP contribution is 2.36. The number of ether oxygens (including phenoxy) is 1. The van der Waals surface area contributed by atoms with Crippen molar-refractivity contribution in [3.05, 3.63) is 87.9 Å².